The van der Waals surface area contributed by atoms with Crippen molar-refractivity contribution in [1.82, 2.24) is 9.97 Å². The summed E-state index contributed by atoms with van der Waals surface area (Å²) in [4.78, 5) is 20.7. The smallest absolute Gasteiger partial charge is 0.336 e. The van der Waals surface area contributed by atoms with E-state index in [1.54, 1.807) is 30.3 Å². The molecule has 132 valence electrons. The molecule has 0 aliphatic heterocycles. The van der Waals surface area contributed by atoms with Crippen molar-refractivity contribution in [2.45, 2.75) is 0 Å². The first-order valence-electron chi connectivity index (χ1n) is 8.13. The van der Waals surface area contributed by atoms with Gasteiger partial charge in [-0.1, -0.05) is 41.9 Å². The first-order chi connectivity index (χ1) is 13.1. The summed E-state index contributed by atoms with van der Waals surface area (Å²) in [7, 11) is 0. The minimum absolute atomic E-state index is 0.236. The van der Waals surface area contributed by atoms with E-state index in [1.165, 1.54) is 11.3 Å². The van der Waals surface area contributed by atoms with E-state index in [4.69, 9.17) is 11.6 Å². The summed E-state index contributed by atoms with van der Waals surface area (Å²) in [5.74, 6) is -0.970. The Balaban J connectivity index is 1.65. The fraction of sp³-hybridized carbons (Fsp3) is 0. The second-order valence-corrected chi connectivity index (χ2v) is 7.13. The topological polar surface area (TPSA) is 63.1 Å². The quantitative estimate of drug-likeness (QED) is 0.471. The van der Waals surface area contributed by atoms with Gasteiger partial charge in [-0.2, -0.15) is 0 Å². The molecule has 0 aliphatic carbocycles. The maximum atomic E-state index is 11.6. The highest BCUT2D eigenvalue weighted by molar-refractivity contribution is 7.13. The van der Waals surface area contributed by atoms with Gasteiger partial charge in [-0.05, 0) is 36.4 Å². The van der Waals surface area contributed by atoms with E-state index < -0.39 is 5.97 Å². The maximum absolute atomic E-state index is 11.6. The largest absolute Gasteiger partial charge is 0.478 e. The summed E-state index contributed by atoms with van der Waals surface area (Å²) >= 11 is 7.46. The van der Waals surface area contributed by atoms with Crippen LogP contribution in [0.5, 0.6) is 0 Å². The van der Waals surface area contributed by atoms with E-state index in [1.807, 2.05) is 41.8 Å². The van der Waals surface area contributed by atoms with Gasteiger partial charge in [0.1, 0.15) is 5.01 Å². The molecule has 0 fully saturated rings. The van der Waals surface area contributed by atoms with Crippen LogP contribution in [0.1, 0.15) is 21.7 Å². The molecule has 0 unspecified atom stereocenters. The van der Waals surface area contributed by atoms with Gasteiger partial charge in [0.2, 0.25) is 0 Å². The van der Waals surface area contributed by atoms with Crippen molar-refractivity contribution in [1.29, 1.82) is 0 Å². The Morgan fingerprint density at radius 1 is 1.00 bits per heavy atom. The normalized spacial score (nSPS) is 11.3. The van der Waals surface area contributed by atoms with Gasteiger partial charge < -0.3 is 5.11 Å². The number of carboxylic acids is 1. The third kappa shape index (κ3) is 3.74. The van der Waals surface area contributed by atoms with Crippen LogP contribution in [0.3, 0.4) is 0 Å². The minimum Gasteiger partial charge on any atom is -0.478 e. The number of para-hydroxylation sites is 1. The number of fused-ring (bicyclic) bond motifs is 1. The second kappa shape index (κ2) is 7.31. The molecule has 27 heavy (non-hydrogen) atoms. The van der Waals surface area contributed by atoms with Crippen molar-refractivity contribution in [3.63, 3.8) is 0 Å². The van der Waals surface area contributed by atoms with Gasteiger partial charge in [0, 0.05) is 21.4 Å². The maximum Gasteiger partial charge on any atom is 0.336 e. The Hall–Kier alpha value is -3.02. The molecule has 0 amide bonds. The van der Waals surface area contributed by atoms with E-state index in [0.717, 1.165) is 16.3 Å². The average Bonchev–Trinajstić information content (AvgIpc) is 3.15. The van der Waals surface area contributed by atoms with Crippen LogP contribution in [0.4, 0.5) is 0 Å². The number of carboxylic acid groups (broad SMARTS) is 1. The predicted octanol–water partition coefficient (Wildman–Crippen LogP) is 5.88. The number of pyridine rings is 1. The van der Waals surface area contributed by atoms with Gasteiger partial charge >= 0.3 is 5.97 Å². The predicted molar refractivity (Wildman–Crippen MR) is 110 cm³/mol. The molecule has 0 aliphatic rings. The molecule has 0 saturated heterocycles. The van der Waals surface area contributed by atoms with Crippen molar-refractivity contribution in [2.24, 2.45) is 0 Å². The lowest BCUT2D eigenvalue weighted by Crippen LogP contribution is -2.00. The zero-order chi connectivity index (χ0) is 18.8. The Kier molecular flexibility index (Phi) is 4.71. The molecule has 4 nitrogen and oxygen atoms in total. The first kappa shape index (κ1) is 17.4. The third-order valence-corrected chi connectivity index (χ3v) is 5.17. The molecule has 0 bridgehead atoms. The van der Waals surface area contributed by atoms with Crippen LogP contribution in [0, 0.1) is 0 Å². The molecular weight excluding hydrogens is 380 g/mol. The molecule has 4 rings (SSSR count). The van der Waals surface area contributed by atoms with Crippen molar-refractivity contribution in [2.75, 3.05) is 0 Å². The van der Waals surface area contributed by atoms with Crippen LogP contribution in [0.2, 0.25) is 5.02 Å². The van der Waals surface area contributed by atoms with Crippen LogP contribution in [0.25, 0.3) is 33.6 Å². The number of thiazole rings is 1. The Labute approximate surface area is 164 Å². The number of aromatic nitrogens is 2. The third-order valence-electron chi connectivity index (χ3n) is 4.00. The van der Waals surface area contributed by atoms with E-state index in [0.29, 0.717) is 21.6 Å². The summed E-state index contributed by atoms with van der Waals surface area (Å²) in [6, 6.07) is 16.3. The lowest BCUT2D eigenvalue weighted by atomic mass is 10.1. The fourth-order valence-electron chi connectivity index (χ4n) is 2.72. The molecule has 1 N–H and O–H groups in total. The van der Waals surface area contributed by atoms with E-state index in [2.05, 4.69) is 9.97 Å². The van der Waals surface area contributed by atoms with Crippen LogP contribution in [-0.4, -0.2) is 21.0 Å². The minimum atomic E-state index is -0.970. The number of hydrogen-bond acceptors (Lipinski definition) is 4. The molecule has 2 aromatic carbocycles. The van der Waals surface area contributed by atoms with Crippen LogP contribution >= 0.6 is 22.9 Å². The number of halogens is 1. The lowest BCUT2D eigenvalue weighted by molar-refractivity contribution is 0.0699. The number of aromatic carboxylic acids is 1. The zero-order valence-electron chi connectivity index (χ0n) is 14.0. The SMILES string of the molecule is O=C(O)c1cc(/C=C/c2csc(-c3ccc(Cl)cc3)n2)nc2ccccc12. The first-order valence-corrected chi connectivity index (χ1v) is 9.38. The van der Waals surface area contributed by atoms with Crippen LogP contribution in [-0.2, 0) is 0 Å². The van der Waals surface area contributed by atoms with Crippen molar-refractivity contribution < 1.29 is 9.90 Å². The Morgan fingerprint density at radius 3 is 2.52 bits per heavy atom. The molecule has 4 aromatic rings. The summed E-state index contributed by atoms with van der Waals surface area (Å²) in [6.45, 7) is 0. The van der Waals surface area contributed by atoms with Gasteiger partial charge in [0.15, 0.2) is 0 Å². The number of nitrogens with zero attached hydrogens (tertiary/aromatic N) is 2. The van der Waals surface area contributed by atoms with E-state index >= 15 is 0 Å². The summed E-state index contributed by atoms with van der Waals surface area (Å²) in [6.07, 6.45) is 3.61. The van der Waals surface area contributed by atoms with Crippen molar-refractivity contribution in [3.05, 3.63) is 82.0 Å². The Bertz CT molecular complexity index is 1170. The van der Waals surface area contributed by atoms with Crippen LogP contribution < -0.4 is 0 Å². The molecule has 2 aromatic heterocycles. The van der Waals surface area contributed by atoms with E-state index in [9.17, 15) is 9.90 Å². The highest BCUT2D eigenvalue weighted by Gasteiger charge is 2.10. The number of carbonyl (C=O) groups is 1. The molecule has 6 heteroatoms. The fourth-order valence-corrected chi connectivity index (χ4v) is 3.64. The second-order valence-electron chi connectivity index (χ2n) is 5.83. The highest BCUT2D eigenvalue weighted by atomic mass is 35.5. The summed E-state index contributed by atoms with van der Waals surface area (Å²) in [5, 5.41) is 13.6. The number of benzene rings is 2. The molecule has 0 radical (unpaired) electrons. The molecule has 0 atom stereocenters. The van der Waals surface area contributed by atoms with E-state index in [-0.39, 0.29) is 5.56 Å². The summed E-state index contributed by atoms with van der Waals surface area (Å²) < 4.78 is 0. The van der Waals surface area contributed by atoms with Gasteiger partial charge in [-0.3, -0.25) is 0 Å². The highest BCUT2D eigenvalue weighted by Crippen LogP contribution is 2.26. The average molecular weight is 393 g/mol. The summed E-state index contributed by atoms with van der Waals surface area (Å²) in [5.41, 5.74) is 3.25. The Morgan fingerprint density at radius 2 is 1.74 bits per heavy atom. The van der Waals surface area contributed by atoms with Gasteiger partial charge in [-0.15, -0.1) is 11.3 Å². The van der Waals surface area contributed by atoms with Gasteiger partial charge in [-0.25, -0.2) is 14.8 Å². The standard InChI is InChI=1S/C21H13ClN2O2S/c22-14-7-5-13(6-8-14)20-24-16(12-27-20)10-9-15-11-18(21(25)26)17-3-1-2-4-19(17)23-15/h1-12H,(H,25,26)/b10-9+. The van der Waals surface area contributed by atoms with Crippen molar-refractivity contribution >= 4 is 52.0 Å². The number of hydrogen-bond donors (Lipinski definition) is 1. The monoisotopic (exact) mass is 392 g/mol. The molecule has 0 saturated carbocycles. The molecule has 0 spiro atoms. The van der Waals surface area contributed by atoms with Gasteiger partial charge in [0.25, 0.3) is 0 Å². The van der Waals surface area contributed by atoms with Crippen molar-refractivity contribution in [3.8, 4) is 10.6 Å². The van der Waals surface area contributed by atoms with Crippen LogP contribution in [0.15, 0.2) is 60.0 Å². The van der Waals surface area contributed by atoms with Gasteiger partial charge in [0.05, 0.1) is 22.5 Å². The zero-order valence-corrected chi connectivity index (χ0v) is 15.5. The molecular formula is C21H13ClN2O2S. The lowest BCUT2D eigenvalue weighted by Gasteiger charge is -2.03. The number of rotatable bonds is 4. The molecule has 2 heterocycles.